The molecule has 1 aliphatic carbocycles. The molecule has 1 saturated carbocycles. The van der Waals surface area contributed by atoms with Crippen LogP contribution in [-0.4, -0.2) is 27.7 Å². The van der Waals surface area contributed by atoms with Crippen LogP contribution in [-0.2, 0) is 12.8 Å². The summed E-state index contributed by atoms with van der Waals surface area (Å²) >= 11 is 0. The van der Waals surface area contributed by atoms with Crippen LogP contribution < -0.4 is 5.32 Å². The van der Waals surface area contributed by atoms with Crippen molar-refractivity contribution in [2.24, 2.45) is 5.92 Å². The Hall–Kier alpha value is -1.75. The van der Waals surface area contributed by atoms with Gasteiger partial charge in [-0.15, -0.1) is 0 Å². The van der Waals surface area contributed by atoms with E-state index in [9.17, 15) is 0 Å². The fourth-order valence-electron chi connectivity index (χ4n) is 2.55. The van der Waals surface area contributed by atoms with Crippen molar-refractivity contribution in [2.75, 3.05) is 6.54 Å². The Bertz CT molecular complexity index is 550. The van der Waals surface area contributed by atoms with Crippen molar-refractivity contribution in [3.8, 4) is 0 Å². The minimum absolute atomic E-state index is 0.485. The first kappa shape index (κ1) is 14.2. The number of nitrogens with zero attached hydrogens (tertiary/aromatic N) is 3. The van der Waals surface area contributed by atoms with Gasteiger partial charge in [0.1, 0.15) is 0 Å². The molecule has 3 rings (SSSR count). The van der Waals surface area contributed by atoms with Gasteiger partial charge in [-0.2, -0.15) is 4.98 Å². The summed E-state index contributed by atoms with van der Waals surface area (Å²) in [7, 11) is 0. The minimum Gasteiger partial charge on any atom is -0.339 e. The Morgan fingerprint density at radius 3 is 2.86 bits per heavy atom. The van der Waals surface area contributed by atoms with Gasteiger partial charge in [-0.25, -0.2) is 0 Å². The maximum Gasteiger partial charge on any atom is 0.228 e. The molecule has 0 aliphatic heterocycles. The smallest absolute Gasteiger partial charge is 0.228 e. The van der Waals surface area contributed by atoms with Crippen molar-refractivity contribution < 1.29 is 4.52 Å². The molecule has 1 atom stereocenters. The number of hydrogen-bond donors (Lipinski definition) is 1. The molecule has 1 fully saturated rings. The third-order valence-electron chi connectivity index (χ3n) is 3.86. The van der Waals surface area contributed by atoms with Gasteiger partial charge in [0, 0.05) is 31.3 Å². The van der Waals surface area contributed by atoms with E-state index in [-0.39, 0.29) is 0 Å². The second kappa shape index (κ2) is 6.80. The van der Waals surface area contributed by atoms with Crippen LogP contribution in [0.5, 0.6) is 0 Å². The second-order valence-electron chi connectivity index (χ2n) is 5.74. The predicted molar refractivity (Wildman–Crippen MR) is 79.9 cm³/mol. The highest BCUT2D eigenvalue weighted by atomic mass is 16.5. The molecular formula is C16H22N4O. The lowest BCUT2D eigenvalue weighted by molar-refractivity contribution is 0.343. The lowest BCUT2D eigenvalue weighted by Gasteiger charge is -2.15. The van der Waals surface area contributed by atoms with Gasteiger partial charge in [0.05, 0.1) is 0 Å². The lowest BCUT2D eigenvalue weighted by Crippen LogP contribution is -2.33. The third-order valence-corrected chi connectivity index (χ3v) is 3.86. The zero-order chi connectivity index (χ0) is 14.5. The fraction of sp³-hybridized carbons (Fsp3) is 0.562. The van der Waals surface area contributed by atoms with Crippen LogP contribution in [0, 0.1) is 5.92 Å². The average Bonchev–Trinajstić information content (AvgIpc) is 3.26. The molecule has 1 aliphatic rings. The van der Waals surface area contributed by atoms with Crippen molar-refractivity contribution in [2.45, 2.75) is 45.1 Å². The standard InChI is InChI=1S/C16H22N4O/c1-2-7-18-14(13-3-4-13)11-16-19-15(20-21-16)10-12-5-8-17-9-6-12/h5-6,8-9,13-14,18H,2-4,7,10-11H2,1H3. The maximum atomic E-state index is 5.41. The van der Waals surface area contributed by atoms with E-state index in [2.05, 4.69) is 27.4 Å². The number of hydrogen-bond acceptors (Lipinski definition) is 5. The van der Waals surface area contributed by atoms with Crippen LogP contribution in [0.25, 0.3) is 0 Å². The fourth-order valence-corrected chi connectivity index (χ4v) is 2.55. The van der Waals surface area contributed by atoms with E-state index >= 15 is 0 Å². The zero-order valence-corrected chi connectivity index (χ0v) is 12.5. The van der Waals surface area contributed by atoms with Crippen LogP contribution in [0.3, 0.4) is 0 Å². The molecule has 0 saturated heterocycles. The highest BCUT2D eigenvalue weighted by Gasteiger charge is 2.32. The van der Waals surface area contributed by atoms with E-state index in [0.29, 0.717) is 12.5 Å². The molecule has 2 heterocycles. The maximum absolute atomic E-state index is 5.41. The van der Waals surface area contributed by atoms with Crippen molar-refractivity contribution in [1.82, 2.24) is 20.4 Å². The van der Waals surface area contributed by atoms with E-state index < -0.39 is 0 Å². The number of pyridine rings is 1. The molecule has 2 aromatic heterocycles. The summed E-state index contributed by atoms with van der Waals surface area (Å²) < 4.78 is 5.41. The topological polar surface area (TPSA) is 63.8 Å². The van der Waals surface area contributed by atoms with Crippen LogP contribution in [0.2, 0.25) is 0 Å². The van der Waals surface area contributed by atoms with Gasteiger partial charge in [0.15, 0.2) is 5.82 Å². The molecule has 5 heteroatoms. The molecule has 21 heavy (non-hydrogen) atoms. The molecule has 0 aromatic carbocycles. The Balaban J connectivity index is 1.59. The van der Waals surface area contributed by atoms with E-state index in [1.54, 1.807) is 12.4 Å². The van der Waals surface area contributed by atoms with Crippen LogP contribution in [0.4, 0.5) is 0 Å². The summed E-state index contributed by atoms with van der Waals surface area (Å²) in [6, 6.07) is 4.44. The normalized spacial score (nSPS) is 16.0. The summed E-state index contributed by atoms with van der Waals surface area (Å²) in [6.07, 6.45) is 8.90. The molecule has 112 valence electrons. The predicted octanol–water partition coefficient (Wildman–Crippen LogP) is 2.38. The average molecular weight is 286 g/mol. The summed E-state index contributed by atoms with van der Waals surface area (Å²) in [5.74, 6) is 2.29. The SMILES string of the molecule is CCCNC(Cc1nc(Cc2ccncc2)no1)C1CC1. The van der Waals surface area contributed by atoms with E-state index in [4.69, 9.17) is 4.52 Å². The Labute approximate surface area is 125 Å². The lowest BCUT2D eigenvalue weighted by atomic mass is 10.1. The Morgan fingerprint density at radius 1 is 1.33 bits per heavy atom. The van der Waals surface area contributed by atoms with Gasteiger partial charge in [0.25, 0.3) is 0 Å². The summed E-state index contributed by atoms with van der Waals surface area (Å²) in [5.41, 5.74) is 1.15. The molecule has 0 bridgehead atoms. The van der Waals surface area contributed by atoms with Gasteiger partial charge < -0.3 is 9.84 Å². The van der Waals surface area contributed by atoms with Gasteiger partial charge in [0.2, 0.25) is 5.89 Å². The van der Waals surface area contributed by atoms with Crippen LogP contribution >= 0.6 is 0 Å². The second-order valence-corrected chi connectivity index (χ2v) is 5.74. The van der Waals surface area contributed by atoms with Gasteiger partial charge >= 0.3 is 0 Å². The van der Waals surface area contributed by atoms with Gasteiger partial charge in [-0.1, -0.05) is 12.1 Å². The summed E-state index contributed by atoms with van der Waals surface area (Å²) in [6.45, 7) is 3.25. The Morgan fingerprint density at radius 2 is 2.14 bits per heavy atom. The van der Waals surface area contributed by atoms with Crippen LogP contribution in [0.1, 0.15) is 43.5 Å². The van der Waals surface area contributed by atoms with Crippen molar-refractivity contribution in [3.05, 3.63) is 41.8 Å². The molecule has 1 unspecified atom stereocenters. The van der Waals surface area contributed by atoms with E-state index in [1.807, 2.05) is 12.1 Å². The monoisotopic (exact) mass is 286 g/mol. The van der Waals surface area contributed by atoms with Crippen LogP contribution in [0.15, 0.2) is 29.0 Å². The third kappa shape index (κ3) is 4.11. The highest BCUT2D eigenvalue weighted by molar-refractivity contribution is 5.14. The highest BCUT2D eigenvalue weighted by Crippen LogP contribution is 2.33. The quantitative estimate of drug-likeness (QED) is 0.807. The Kier molecular flexibility index (Phi) is 4.60. The molecular weight excluding hydrogens is 264 g/mol. The van der Waals surface area contributed by atoms with Crippen molar-refractivity contribution in [3.63, 3.8) is 0 Å². The van der Waals surface area contributed by atoms with E-state index in [1.165, 1.54) is 12.8 Å². The molecule has 5 nitrogen and oxygen atoms in total. The zero-order valence-electron chi connectivity index (χ0n) is 12.5. The number of aromatic nitrogens is 3. The number of rotatable bonds is 8. The summed E-state index contributed by atoms with van der Waals surface area (Å²) in [5, 5.41) is 7.69. The van der Waals surface area contributed by atoms with Crippen molar-refractivity contribution in [1.29, 1.82) is 0 Å². The number of nitrogens with one attached hydrogen (secondary N) is 1. The first-order chi connectivity index (χ1) is 10.3. The molecule has 1 N–H and O–H groups in total. The summed E-state index contributed by atoms with van der Waals surface area (Å²) in [4.78, 5) is 8.54. The first-order valence-corrected chi connectivity index (χ1v) is 7.79. The molecule has 0 amide bonds. The first-order valence-electron chi connectivity index (χ1n) is 7.79. The van der Waals surface area contributed by atoms with Gasteiger partial charge in [-0.05, 0) is 49.4 Å². The largest absolute Gasteiger partial charge is 0.339 e. The van der Waals surface area contributed by atoms with Crippen molar-refractivity contribution >= 4 is 0 Å². The van der Waals surface area contributed by atoms with Gasteiger partial charge in [-0.3, -0.25) is 4.98 Å². The molecule has 0 spiro atoms. The molecule has 2 aromatic rings. The molecule has 0 radical (unpaired) electrons. The van der Waals surface area contributed by atoms with E-state index in [0.717, 1.165) is 42.6 Å². The minimum atomic E-state index is 0.485.